The number of piperidine rings is 1. The van der Waals surface area contributed by atoms with E-state index in [0.717, 1.165) is 30.8 Å². The number of carbonyl (C=O) groups is 3. The molecule has 3 saturated heterocycles. The number of nitrogens with zero attached hydrogens (tertiary/aromatic N) is 5. The summed E-state index contributed by atoms with van der Waals surface area (Å²) in [4.78, 5) is 50.9. The summed E-state index contributed by atoms with van der Waals surface area (Å²) in [5.74, 6) is -0.265. The number of thioether (sulfide) groups is 1. The van der Waals surface area contributed by atoms with Gasteiger partial charge in [-0.15, -0.1) is 0 Å². The van der Waals surface area contributed by atoms with E-state index >= 15 is 0 Å². The second kappa shape index (κ2) is 12.8. The van der Waals surface area contributed by atoms with Crippen LogP contribution in [0.1, 0.15) is 51.5 Å². The molecule has 0 spiro atoms. The highest BCUT2D eigenvalue weighted by Crippen LogP contribution is 2.39. The van der Waals surface area contributed by atoms with Crippen LogP contribution in [0.4, 0.5) is 29.5 Å². The predicted octanol–water partition coefficient (Wildman–Crippen LogP) is 5.33. The monoisotopic (exact) mass is 618 g/mol. The van der Waals surface area contributed by atoms with Gasteiger partial charge in [-0.2, -0.15) is 13.2 Å². The highest BCUT2D eigenvalue weighted by atomic mass is 32.2. The second-order valence-corrected chi connectivity index (χ2v) is 12.9. The van der Waals surface area contributed by atoms with Crippen LogP contribution in [0.3, 0.4) is 0 Å². The van der Waals surface area contributed by atoms with E-state index in [2.05, 4.69) is 20.1 Å². The number of halogens is 3. The molecule has 0 unspecified atom stereocenters. The maximum Gasteiger partial charge on any atom is 0.446 e. The van der Waals surface area contributed by atoms with E-state index in [1.807, 2.05) is 0 Å². The maximum absolute atomic E-state index is 13.4. The van der Waals surface area contributed by atoms with E-state index in [1.165, 1.54) is 61.3 Å². The van der Waals surface area contributed by atoms with Crippen molar-refractivity contribution in [1.29, 1.82) is 0 Å². The molecule has 232 valence electrons. The molecule has 0 bridgehead atoms. The molecule has 9 nitrogen and oxygen atoms in total. The van der Waals surface area contributed by atoms with Crippen LogP contribution in [-0.2, 0) is 16.1 Å². The van der Waals surface area contributed by atoms with Gasteiger partial charge in [-0.05, 0) is 119 Å². The smallest absolute Gasteiger partial charge is 0.311 e. The first-order valence-corrected chi connectivity index (χ1v) is 15.5. The number of alkyl halides is 3. The fourth-order valence-corrected chi connectivity index (χ4v) is 6.57. The van der Waals surface area contributed by atoms with Gasteiger partial charge in [0.2, 0.25) is 5.91 Å². The molecular weight excluding hydrogens is 581 g/mol. The first-order valence-electron chi connectivity index (χ1n) is 14.6. The maximum atomic E-state index is 13.4. The van der Waals surface area contributed by atoms with Gasteiger partial charge in [-0.25, -0.2) is 14.7 Å². The van der Waals surface area contributed by atoms with Crippen LogP contribution >= 0.6 is 11.8 Å². The second-order valence-electron chi connectivity index (χ2n) is 11.8. The molecule has 3 fully saturated rings. The summed E-state index contributed by atoms with van der Waals surface area (Å²) >= 11 is -0.263. The van der Waals surface area contributed by atoms with Gasteiger partial charge >= 0.3 is 11.5 Å². The molecule has 4 amide bonds. The predicted molar refractivity (Wildman–Crippen MR) is 159 cm³/mol. The Bertz CT molecular complexity index is 1330. The Labute approximate surface area is 253 Å². The number of rotatable bonds is 9. The molecule has 1 aromatic heterocycles. The summed E-state index contributed by atoms with van der Waals surface area (Å²) in [5.41, 5.74) is -4.78. The molecule has 43 heavy (non-hydrogen) atoms. The van der Waals surface area contributed by atoms with Crippen LogP contribution in [0.5, 0.6) is 0 Å². The SMILES string of the molecule is CC1(C)C(=O)N(c2ccc(SC(F)(F)F)cc2)C(=O)N1Cc1ccnc(NC(=O)CCN2CCC(N3CCCC3)CC2)c1. The van der Waals surface area contributed by atoms with Crippen LogP contribution in [-0.4, -0.2) is 87.3 Å². The molecule has 5 rings (SSSR count). The summed E-state index contributed by atoms with van der Waals surface area (Å²) in [7, 11) is 0. The van der Waals surface area contributed by atoms with E-state index in [1.54, 1.807) is 26.0 Å². The number of pyridine rings is 1. The number of carbonyl (C=O) groups excluding carboxylic acids is 3. The molecule has 2 aromatic rings. The Balaban J connectivity index is 1.16. The summed E-state index contributed by atoms with van der Waals surface area (Å²) < 4.78 is 38.1. The normalized spacial score (nSPS) is 20.3. The third-order valence-corrected chi connectivity index (χ3v) is 9.19. The number of anilines is 2. The van der Waals surface area contributed by atoms with E-state index in [-0.39, 0.29) is 34.8 Å². The van der Waals surface area contributed by atoms with Crippen LogP contribution < -0.4 is 10.2 Å². The third-order valence-electron chi connectivity index (χ3n) is 8.45. The minimum absolute atomic E-state index is 0.0417. The van der Waals surface area contributed by atoms with Gasteiger partial charge in [0.15, 0.2) is 0 Å². The van der Waals surface area contributed by atoms with Crippen LogP contribution in [0.25, 0.3) is 0 Å². The lowest BCUT2D eigenvalue weighted by Crippen LogP contribution is -2.44. The summed E-state index contributed by atoms with van der Waals surface area (Å²) in [6.07, 6.45) is 6.75. The average Bonchev–Trinajstić information content (AvgIpc) is 3.55. The Kier molecular flexibility index (Phi) is 9.33. The molecule has 3 aliphatic heterocycles. The fraction of sp³-hybridized carbons (Fsp3) is 0.533. The lowest BCUT2D eigenvalue weighted by atomic mass is 10.0. The summed E-state index contributed by atoms with van der Waals surface area (Å²) in [5, 5.41) is 2.85. The summed E-state index contributed by atoms with van der Waals surface area (Å²) in [6.45, 7) is 8.41. The Hall–Kier alpha value is -3.16. The number of aromatic nitrogens is 1. The fourth-order valence-electron chi connectivity index (χ4n) is 6.03. The minimum Gasteiger partial charge on any atom is -0.311 e. The van der Waals surface area contributed by atoms with E-state index < -0.39 is 23.0 Å². The van der Waals surface area contributed by atoms with Crippen molar-refractivity contribution in [2.75, 3.05) is 42.9 Å². The molecule has 1 aromatic carbocycles. The highest BCUT2D eigenvalue weighted by molar-refractivity contribution is 8.00. The van der Waals surface area contributed by atoms with Gasteiger partial charge in [0, 0.05) is 36.6 Å². The molecule has 4 heterocycles. The van der Waals surface area contributed by atoms with Crippen molar-refractivity contribution in [3.05, 3.63) is 48.2 Å². The van der Waals surface area contributed by atoms with E-state index in [9.17, 15) is 27.6 Å². The highest BCUT2D eigenvalue weighted by Gasteiger charge is 2.51. The number of imide groups is 1. The molecule has 0 radical (unpaired) electrons. The topological polar surface area (TPSA) is 89.1 Å². The molecular formula is C30H37F3N6O3S. The number of hydrogen-bond donors (Lipinski definition) is 1. The third kappa shape index (κ3) is 7.50. The van der Waals surface area contributed by atoms with Crippen molar-refractivity contribution in [2.24, 2.45) is 0 Å². The standard InChI is InChI=1S/C30H37F3N6O3S/c1-29(2)27(41)39(23-5-7-24(8-6-23)43-30(31,32)33)28(42)38(29)20-21-9-13-34-25(19-21)35-26(40)12-18-36-16-10-22(11-17-36)37-14-3-4-15-37/h5-9,13,19,22H,3-4,10-12,14-18,20H2,1-2H3,(H,34,35,40). The van der Waals surface area contributed by atoms with Crippen molar-refractivity contribution in [3.63, 3.8) is 0 Å². The number of nitrogens with one attached hydrogen (secondary N) is 1. The zero-order valence-corrected chi connectivity index (χ0v) is 25.2. The van der Waals surface area contributed by atoms with Crippen molar-refractivity contribution in [2.45, 2.75) is 74.5 Å². The summed E-state index contributed by atoms with van der Waals surface area (Å²) in [6, 6.07) is 8.60. The molecule has 0 aliphatic carbocycles. The van der Waals surface area contributed by atoms with Gasteiger partial charge in [-0.3, -0.25) is 9.59 Å². The Morgan fingerprint density at radius 2 is 1.72 bits per heavy atom. The Morgan fingerprint density at radius 3 is 2.37 bits per heavy atom. The lowest BCUT2D eigenvalue weighted by Gasteiger charge is -2.36. The minimum atomic E-state index is -4.44. The van der Waals surface area contributed by atoms with Crippen molar-refractivity contribution in [1.82, 2.24) is 19.7 Å². The van der Waals surface area contributed by atoms with Gasteiger partial charge in [0.25, 0.3) is 5.91 Å². The average molecular weight is 619 g/mol. The number of benzene rings is 1. The number of amides is 4. The van der Waals surface area contributed by atoms with Crippen molar-refractivity contribution in [3.8, 4) is 0 Å². The first-order chi connectivity index (χ1) is 20.4. The zero-order chi connectivity index (χ0) is 30.8. The van der Waals surface area contributed by atoms with Crippen LogP contribution in [0.15, 0.2) is 47.5 Å². The lowest BCUT2D eigenvalue weighted by molar-refractivity contribution is -0.123. The molecule has 13 heteroatoms. The number of hydrogen-bond acceptors (Lipinski definition) is 7. The zero-order valence-electron chi connectivity index (χ0n) is 24.4. The van der Waals surface area contributed by atoms with E-state index in [0.29, 0.717) is 30.4 Å². The van der Waals surface area contributed by atoms with Gasteiger partial charge < -0.3 is 20.0 Å². The van der Waals surface area contributed by atoms with Crippen molar-refractivity contribution >= 4 is 41.1 Å². The molecule has 3 aliphatic rings. The molecule has 0 atom stereocenters. The first kappa shape index (κ1) is 31.3. The van der Waals surface area contributed by atoms with Crippen LogP contribution in [0.2, 0.25) is 0 Å². The van der Waals surface area contributed by atoms with Crippen LogP contribution in [0, 0.1) is 0 Å². The quantitative estimate of drug-likeness (QED) is 0.300. The molecule has 1 N–H and O–H groups in total. The van der Waals surface area contributed by atoms with E-state index in [4.69, 9.17) is 0 Å². The number of urea groups is 1. The Morgan fingerprint density at radius 1 is 1.05 bits per heavy atom. The molecule has 0 saturated carbocycles. The van der Waals surface area contributed by atoms with Gasteiger partial charge in [0.1, 0.15) is 11.4 Å². The number of likely N-dealkylation sites (tertiary alicyclic amines) is 2. The van der Waals surface area contributed by atoms with Crippen molar-refractivity contribution < 1.29 is 27.6 Å². The largest absolute Gasteiger partial charge is 0.446 e. The van der Waals surface area contributed by atoms with Gasteiger partial charge in [0.05, 0.1) is 5.69 Å². The van der Waals surface area contributed by atoms with Gasteiger partial charge in [-0.1, -0.05) is 0 Å².